The first-order chi connectivity index (χ1) is 15.8. The molecule has 0 fully saturated rings. The number of hydrogen-bond acceptors (Lipinski definition) is 8. The van der Waals surface area contributed by atoms with Crippen LogP contribution in [-0.2, 0) is 26.2 Å². The molecule has 0 saturated carbocycles. The van der Waals surface area contributed by atoms with Crippen LogP contribution in [0.2, 0.25) is 0 Å². The number of rotatable bonds is 9. The Hall–Kier alpha value is -3.92. The Morgan fingerprint density at radius 2 is 1.67 bits per heavy atom. The molecule has 2 aromatic carbocycles. The first-order valence-electron chi connectivity index (χ1n) is 9.92. The number of hydrogen-bond donors (Lipinski definition) is 1. The Balaban J connectivity index is 1.41. The summed E-state index contributed by atoms with van der Waals surface area (Å²) in [6.07, 6.45) is 0.511. The fourth-order valence-electron chi connectivity index (χ4n) is 2.57. The molecule has 0 saturated heterocycles. The Morgan fingerprint density at radius 1 is 0.939 bits per heavy atom. The van der Waals surface area contributed by atoms with Crippen molar-refractivity contribution < 1.29 is 31.7 Å². The number of esters is 1. The van der Waals surface area contributed by atoms with E-state index in [9.17, 15) is 18.0 Å². The fourth-order valence-corrected chi connectivity index (χ4v) is 3.46. The Morgan fingerprint density at radius 3 is 2.33 bits per heavy atom. The molecule has 0 aliphatic rings. The van der Waals surface area contributed by atoms with Crippen LogP contribution in [0.1, 0.15) is 21.5 Å². The summed E-state index contributed by atoms with van der Waals surface area (Å²) in [7, 11) is -4.04. The summed E-state index contributed by atoms with van der Waals surface area (Å²) in [5, 5.41) is 2.47. The molecule has 0 aliphatic heterocycles. The maximum absolute atomic E-state index is 12.3. The van der Waals surface area contributed by atoms with Gasteiger partial charge in [0.1, 0.15) is 18.1 Å². The second kappa shape index (κ2) is 11.1. The van der Waals surface area contributed by atoms with Crippen LogP contribution in [0.4, 0.5) is 4.79 Å². The van der Waals surface area contributed by atoms with Crippen LogP contribution in [0.15, 0.2) is 77.8 Å². The van der Waals surface area contributed by atoms with Crippen LogP contribution in [0, 0.1) is 6.92 Å². The quantitative estimate of drug-likeness (QED) is 0.287. The maximum Gasteiger partial charge on any atom is 0.407 e. The number of carbonyl (C=O) groups is 2. The lowest BCUT2D eigenvalue weighted by atomic mass is 10.2. The minimum absolute atomic E-state index is 0.00631. The summed E-state index contributed by atoms with van der Waals surface area (Å²) >= 11 is 0. The molecule has 9 nitrogen and oxygen atoms in total. The monoisotopic (exact) mass is 470 g/mol. The zero-order valence-electron chi connectivity index (χ0n) is 17.8. The number of amides is 1. The first-order valence-corrected chi connectivity index (χ1v) is 11.3. The molecule has 0 aliphatic carbocycles. The molecule has 0 bridgehead atoms. The summed E-state index contributed by atoms with van der Waals surface area (Å²) in [5.74, 6) is -0.871. The van der Waals surface area contributed by atoms with E-state index in [1.165, 1.54) is 24.3 Å². The molecule has 33 heavy (non-hydrogen) atoms. The van der Waals surface area contributed by atoms with Crippen LogP contribution in [-0.4, -0.2) is 38.6 Å². The second-order valence-corrected chi connectivity index (χ2v) is 8.41. The van der Waals surface area contributed by atoms with Gasteiger partial charge < -0.3 is 19.0 Å². The van der Waals surface area contributed by atoms with Gasteiger partial charge in [0.2, 0.25) is 5.88 Å². The van der Waals surface area contributed by atoms with Crippen molar-refractivity contribution >= 4 is 22.2 Å². The highest BCUT2D eigenvalue weighted by molar-refractivity contribution is 7.87. The van der Waals surface area contributed by atoms with Gasteiger partial charge in [-0.25, -0.2) is 14.6 Å². The van der Waals surface area contributed by atoms with Gasteiger partial charge in [-0.2, -0.15) is 8.42 Å². The fraction of sp³-hybridized carbons (Fsp3) is 0.174. The van der Waals surface area contributed by atoms with E-state index < -0.39 is 22.2 Å². The minimum Gasteiger partial charge on any atom is -0.460 e. The molecular formula is C23H22N2O7S. The van der Waals surface area contributed by atoms with Gasteiger partial charge in [-0.1, -0.05) is 48.0 Å². The third kappa shape index (κ3) is 7.32. The van der Waals surface area contributed by atoms with E-state index in [0.29, 0.717) is 0 Å². The van der Waals surface area contributed by atoms with Crippen molar-refractivity contribution in [1.82, 2.24) is 10.3 Å². The number of aromatic nitrogens is 1. The Labute approximate surface area is 191 Å². The van der Waals surface area contributed by atoms with Crippen LogP contribution in [0.5, 0.6) is 5.88 Å². The van der Waals surface area contributed by atoms with E-state index in [4.69, 9.17) is 13.7 Å². The highest BCUT2D eigenvalue weighted by atomic mass is 32.2. The van der Waals surface area contributed by atoms with E-state index >= 15 is 0 Å². The van der Waals surface area contributed by atoms with E-state index in [0.717, 1.165) is 17.3 Å². The first kappa shape index (κ1) is 23.7. The van der Waals surface area contributed by atoms with Crippen molar-refractivity contribution in [3.8, 4) is 5.88 Å². The standard InChI is InChI=1S/C23H22N2O7S/c1-17-7-10-20(11-8-17)33(28,29)32-21-12-9-19(15-25-21)22(26)30-14-13-24-23(27)31-16-18-5-3-2-4-6-18/h2-12,15H,13-14,16H2,1H3,(H,24,27). The van der Waals surface area contributed by atoms with Gasteiger partial charge >= 0.3 is 22.2 Å². The van der Waals surface area contributed by atoms with E-state index in [2.05, 4.69) is 10.3 Å². The van der Waals surface area contributed by atoms with E-state index in [1.54, 1.807) is 12.1 Å². The zero-order valence-corrected chi connectivity index (χ0v) is 18.6. The molecule has 0 spiro atoms. The largest absolute Gasteiger partial charge is 0.460 e. The topological polar surface area (TPSA) is 121 Å². The van der Waals surface area contributed by atoms with Crippen molar-refractivity contribution in [3.05, 3.63) is 89.6 Å². The SMILES string of the molecule is Cc1ccc(S(=O)(=O)Oc2ccc(C(=O)OCCNC(=O)OCc3ccccc3)cn2)cc1. The van der Waals surface area contributed by atoms with Gasteiger partial charge in [-0.3, -0.25) is 0 Å². The summed E-state index contributed by atoms with van der Waals surface area (Å²) in [4.78, 5) is 27.6. The Bertz CT molecular complexity index is 1180. The van der Waals surface area contributed by atoms with Gasteiger partial charge in [-0.15, -0.1) is 0 Å². The van der Waals surface area contributed by atoms with E-state index in [1.807, 2.05) is 37.3 Å². The number of carbonyl (C=O) groups excluding carboxylic acids is 2. The normalized spacial score (nSPS) is 10.8. The molecule has 10 heteroatoms. The average molecular weight is 471 g/mol. The number of nitrogens with zero attached hydrogens (tertiary/aromatic N) is 1. The van der Waals surface area contributed by atoms with Gasteiger partial charge in [0.25, 0.3) is 0 Å². The minimum atomic E-state index is -4.04. The van der Waals surface area contributed by atoms with Crippen LogP contribution < -0.4 is 9.50 Å². The number of benzene rings is 2. The molecule has 3 aromatic rings. The van der Waals surface area contributed by atoms with Gasteiger partial charge in [0.05, 0.1) is 12.1 Å². The number of pyridine rings is 1. The summed E-state index contributed by atoms with van der Waals surface area (Å²) < 4.78 is 39.7. The predicted octanol–water partition coefficient (Wildman–Crippen LogP) is 3.24. The van der Waals surface area contributed by atoms with Crippen molar-refractivity contribution in [2.24, 2.45) is 0 Å². The Kier molecular flexibility index (Phi) is 7.98. The number of ether oxygens (including phenoxy) is 2. The second-order valence-electron chi connectivity index (χ2n) is 6.86. The molecule has 1 amide bonds. The molecule has 3 rings (SSSR count). The third-order valence-corrected chi connectivity index (χ3v) is 5.53. The third-order valence-electron chi connectivity index (χ3n) is 4.29. The van der Waals surface area contributed by atoms with Gasteiger partial charge in [0.15, 0.2) is 0 Å². The maximum atomic E-state index is 12.3. The highest BCUT2D eigenvalue weighted by Crippen LogP contribution is 2.17. The van der Waals surface area contributed by atoms with Crippen molar-refractivity contribution in [1.29, 1.82) is 0 Å². The smallest absolute Gasteiger partial charge is 0.407 e. The van der Waals surface area contributed by atoms with Gasteiger partial charge in [-0.05, 0) is 30.7 Å². The summed E-state index contributed by atoms with van der Waals surface area (Å²) in [6, 6.07) is 18.0. The van der Waals surface area contributed by atoms with Crippen molar-refractivity contribution in [3.63, 3.8) is 0 Å². The summed E-state index contributed by atoms with van der Waals surface area (Å²) in [6.45, 7) is 1.94. The lowest BCUT2D eigenvalue weighted by Crippen LogP contribution is -2.28. The highest BCUT2D eigenvalue weighted by Gasteiger charge is 2.18. The predicted molar refractivity (Wildman–Crippen MR) is 118 cm³/mol. The molecular weight excluding hydrogens is 448 g/mol. The average Bonchev–Trinajstić information content (AvgIpc) is 2.81. The van der Waals surface area contributed by atoms with Crippen LogP contribution in [0.25, 0.3) is 0 Å². The molecule has 1 heterocycles. The van der Waals surface area contributed by atoms with Crippen LogP contribution in [0.3, 0.4) is 0 Å². The van der Waals surface area contributed by atoms with Gasteiger partial charge in [0, 0.05) is 12.3 Å². The lowest BCUT2D eigenvalue weighted by molar-refractivity contribution is 0.0503. The zero-order chi connectivity index (χ0) is 23.7. The number of nitrogens with one attached hydrogen (secondary N) is 1. The number of aryl methyl sites for hydroxylation is 1. The molecule has 1 aromatic heterocycles. The molecule has 0 atom stereocenters. The number of alkyl carbamates (subject to hydrolysis) is 1. The van der Waals surface area contributed by atoms with E-state index in [-0.39, 0.29) is 36.1 Å². The lowest BCUT2D eigenvalue weighted by Gasteiger charge is -2.09. The van der Waals surface area contributed by atoms with Crippen molar-refractivity contribution in [2.45, 2.75) is 18.4 Å². The van der Waals surface area contributed by atoms with Crippen molar-refractivity contribution in [2.75, 3.05) is 13.2 Å². The molecule has 1 N–H and O–H groups in total. The summed E-state index contributed by atoms with van der Waals surface area (Å²) in [5.41, 5.74) is 1.86. The molecule has 0 radical (unpaired) electrons. The van der Waals surface area contributed by atoms with Crippen LogP contribution >= 0.6 is 0 Å². The molecule has 172 valence electrons. The molecule has 0 unspecified atom stereocenters.